The van der Waals surface area contributed by atoms with Crippen LogP contribution in [-0.4, -0.2) is 58.0 Å². The summed E-state index contributed by atoms with van der Waals surface area (Å²) in [5, 5.41) is 28.0. The molecule has 0 fully saturated rings. The number of unbranched alkanes of at least 4 members (excludes halogenated alkanes) is 9. The third-order valence-corrected chi connectivity index (χ3v) is 4.94. The van der Waals surface area contributed by atoms with Crippen molar-refractivity contribution in [2.45, 2.75) is 103 Å². The number of hydrogen-bond acceptors (Lipinski definition) is 4. The lowest BCUT2D eigenvalue weighted by molar-refractivity contribution is -0.141. The predicted octanol–water partition coefficient (Wildman–Crippen LogP) is 4.36. The van der Waals surface area contributed by atoms with E-state index in [9.17, 15) is 15.0 Å². The van der Waals surface area contributed by atoms with Crippen LogP contribution in [0.5, 0.6) is 0 Å². The van der Waals surface area contributed by atoms with E-state index >= 15 is 0 Å². The first kappa shape index (κ1) is 27.8. The number of carbonyl (C=O) groups is 1. The second-order valence-corrected chi connectivity index (χ2v) is 7.88. The zero-order valence-electron chi connectivity index (χ0n) is 18.8. The zero-order valence-corrected chi connectivity index (χ0v) is 18.8. The van der Waals surface area contributed by atoms with Gasteiger partial charge >= 0.3 is 0 Å². The van der Waals surface area contributed by atoms with Crippen molar-refractivity contribution in [2.24, 2.45) is 0 Å². The molecule has 0 spiro atoms. The van der Waals surface area contributed by atoms with Gasteiger partial charge in [-0.2, -0.15) is 0 Å². The highest BCUT2D eigenvalue weighted by Gasteiger charge is 2.20. The molecule has 0 aliphatic heterocycles. The first-order chi connectivity index (χ1) is 14.0. The Morgan fingerprint density at radius 3 is 1.97 bits per heavy atom. The van der Waals surface area contributed by atoms with E-state index in [-0.39, 0.29) is 19.1 Å². The van der Waals surface area contributed by atoms with E-state index in [1.54, 1.807) is 0 Å². The molecule has 29 heavy (non-hydrogen) atoms. The van der Waals surface area contributed by atoms with Crippen molar-refractivity contribution >= 4 is 5.91 Å². The fourth-order valence-electron chi connectivity index (χ4n) is 3.16. The Labute approximate surface area is 178 Å². The Morgan fingerprint density at radius 1 is 0.862 bits per heavy atom. The zero-order chi connectivity index (χ0) is 21.7. The molecule has 0 aliphatic carbocycles. The largest absolute Gasteiger partial charge is 0.394 e. The quantitative estimate of drug-likeness (QED) is 0.218. The lowest BCUT2D eigenvalue weighted by Gasteiger charge is -2.26. The van der Waals surface area contributed by atoms with Crippen LogP contribution >= 0.6 is 0 Å². The average Bonchev–Trinajstić information content (AvgIpc) is 2.71. The number of aliphatic hydroxyl groups excluding tert-OH is 3. The van der Waals surface area contributed by atoms with Gasteiger partial charge in [-0.3, -0.25) is 4.79 Å². The van der Waals surface area contributed by atoms with Crippen LogP contribution in [0.2, 0.25) is 0 Å². The minimum atomic E-state index is -1.08. The van der Waals surface area contributed by atoms with Gasteiger partial charge in [-0.15, -0.1) is 0 Å². The summed E-state index contributed by atoms with van der Waals surface area (Å²) < 4.78 is 0. The van der Waals surface area contributed by atoms with E-state index in [1.807, 2.05) is 0 Å². The second kappa shape index (κ2) is 20.1. The van der Waals surface area contributed by atoms with Gasteiger partial charge in [0.15, 0.2) is 0 Å². The second-order valence-electron chi connectivity index (χ2n) is 7.88. The molecule has 0 aromatic heterocycles. The van der Waals surface area contributed by atoms with E-state index in [0.717, 1.165) is 32.1 Å². The van der Waals surface area contributed by atoms with Crippen molar-refractivity contribution in [3.63, 3.8) is 0 Å². The van der Waals surface area contributed by atoms with Crippen LogP contribution < -0.4 is 0 Å². The van der Waals surface area contributed by atoms with Gasteiger partial charge in [-0.25, -0.2) is 0 Å². The van der Waals surface area contributed by atoms with Gasteiger partial charge in [0.1, 0.15) is 6.10 Å². The van der Waals surface area contributed by atoms with Crippen LogP contribution in [0.3, 0.4) is 0 Å². The summed E-state index contributed by atoms with van der Waals surface area (Å²) in [6.45, 7) is 3.86. The molecule has 5 nitrogen and oxygen atoms in total. The molecule has 5 heteroatoms. The van der Waals surface area contributed by atoms with Crippen LogP contribution in [-0.2, 0) is 4.79 Å². The fraction of sp³-hybridized carbons (Fsp3) is 0.792. The van der Waals surface area contributed by atoms with Crippen molar-refractivity contribution < 1.29 is 20.1 Å². The molecule has 0 aliphatic rings. The predicted molar refractivity (Wildman–Crippen MR) is 121 cm³/mol. The van der Waals surface area contributed by atoms with E-state index in [1.165, 1.54) is 56.8 Å². The van der Waals surface area contributed by atoms with E-state index in [2.05, 4.69) is 31.2 Å². The van der Waals surface area contributed by atoms with Gasteiger partial charge in [0.25, 0.3) is 5.91 Å². The maximum Gasteiger partial charge on any atom is 0.251 e. The van der Waals surface area contributed by atoms with Crippen LogP contribution in [0.4, 0.5) is 0 Å². The molecule has 0 bridgehead atoms. The highest BCUT2D eigenvalue weighted by atomic mass is 16.3. The summed E-state index contributed by atoms with van der Waals surface area (Å²) in [6, 6.07) is 0. The molecule has 0 saturated carbocycles. The SMILES string of the molecule is CCCCCC=CCC=CCCCCCCCCN(CC(O)CO)C(=O)C(C)O. The van der Waals surface area contributed by atoms with Crippen LogP contribution in [0, 0.1) is 0 Å². The fourth-order valence-corrected chi connectivity index (χ4v) is 3.16. The molecule has 2 atom stereocenters. The molecule has 0 radical (unpaired) electrons. The summed E-state index contributed by atoms with van der Waals surface area (Å²) in [5.74, 6) is -0.389. The third-order valence-electron chi connectivity index (χ3n) is 4.94. The van der Waals surface area contributed by atoms with Crippen LogP contribution in [0.1, 0.15) is 90.9 Å². The van der Waals surface area contributed by atoms with Crippen molar-refractivity contribution in [2.75, 3.05) is 19.7 Å². The summed E-state index contributed by atoms with van der Waals surface area (Å²) in [5.41, 5.74) is 0. The minimum absolute atomic E-state index is 0.0699. The molecule has 0 saturated heterocycles. The lowest BCUT2D eigenvalue weighted by atomic mass is 10.1. The summed E-state index contributed by atoms with van der Waals surface area (Å²) >= 11 is 0. The molecule has 170 valence electrons. The van der Waals surface area contributed by atoms with Crippen molar-refractivity contribution in [3.8, 4) is 0 Å². The number of aliphatic hydroxyl groups is 3. The number of amides is 1. The number of carbonyl (C=O) groups excluding carboxylic acids is 1. The molecular formula is C24H45NO4. The van der Waals surface area contributed by atoms with Gasteiger partial charge in [0, 0.05) is 13.1 Å². The Balaban J connectivity index is 3.67. The number of allylic oxidation sites excluding steroid dienone is 4. The lowest BCUT2D eigenvalue weighted by Crippen LogP contribution is -2.43. The smallest absolute Gasteiger partial charge is 0.251 e. The van der Waals surface area contributed by atoms with E-state index < -0.39 is 12.2 Å². The average molecular weight is 412 g/mol. The Morgan fingerprint density at radius 2 is 1.41 bits per heavy atom. The Hall–Kier alpha value is -1.17. The Bertz CT molecular complexity index is 435. The maximum absolute atomic E-state index is 12.0. The van der Waals surface area contributed by atoms with Gasteiger partial charge in [-0.05, 0) is 45.4 Å². The van der Waals surface area contributed by atoms with Crippen molar-refractivity contribution in [1.29, 1.82) is 0 Å². The maximum atomic E-state index is 12.0. The summed E-state index contributed by atoms with van der Waals surface area (Å²) in [7, 11) is 0. The van der Waals surface area contributed by atoms with Gasteiger partial charge < -0.3 is 20.2 Å². The number of nitrogens with zero attached hydrogens (tertiary/aromatic N) is 1. The third kappa shape index (κ3) is 17.4. The standard InChI is InChI=1S/C24H45NO4/c1-3-4-5-6-7-8-9-10-11-12-13-14-15-16-17-18-19-25(20-23(28)21-26)24(29)22(2)27/h7-8,10-11,22-23,26-28H,3-6,9,12-21H2,1-2H3. The van der Waals surface area contributed by atoms with Crippen molar-refractivity contribution in [1.82, 2.24) is 4.90 Å². The monoisotopic (exact) mass is 411 g/mol. The van der Waals surface area contributed by atoms with Crippen LogP contribution in [0.25, 0.3) is 0 Å². The molecule has 3 N–H and O–H groups in total. The van der Waals surface area contributed by atoms with Gasteiger partial charge in [0.05, 0.1) is 12.7 Å². The van der Waals surface area contributed by atoms with E-state index in [4.69, 9.17) is 5.11 Å². The normalized spacial score (nSPS) is 14.0. The molecule has 2 unspecified atom stereocenters. The highest BCUT2D eigenvalue weighted by molar-refractivity contribution is 5.80. The van der Waals surface area contributed by atoms with E-state index in [0.29, 0.717) is 6.54 Å². The number of hydrogen-bond donors (Lipinski definition) is 3. The van der Waals surface area contributed by atoms with Gasteiger partial charge in [-0.1, -0.05) is 69.8 Å². The first-order valence-corrected chi connectivity index (χ1v) is 11.6. The molecule has 0 heterocycles. The molecule has 0 rings (SSSR count). The first-order valence-electron chi connectivity index (χ1n) is 11.6. The van der Waals surface area contributed by atoms with Crippen molar-refractivity contribution in [3.05, 3.63) is 24.3 Å². The molecule has 1 amide bonds. The summed E-state index contributed by atoms with van der Waals surface area (Å²) in [6.07, 6.45) is 21.0. The molecular weight excluding hydrogens is 366 g/mol. The topological polar surface area (TPSA) is 81.0 Å². The number of rotatable bonds is 19. The molecule has 0 aromatic rings. The molecule has 0 aromatic carbocycles. The summed E-state index contributed by atoms with van der Waals surface area (Å²) in [4.78, 5) is 13.4. The highest BCUT2D eigenvalue weighted by Crippen LogP contribution is 2.09. The minimum Gasteiger partial charge on any atom is -0.394 e. The Kier molecular flexibility index (Phi) is 19.3. The van der Waals surface area contributed by atoms with Crippen LogP contribution in [0.15, 0.2) is 24.3 Å². The van der Waals surface area contributed by atoms with Gasteiger partial charge in [0.2, 0.25) is 0 Å².